The van der Waals surface area contributed by atoms with Gasteiger partial charge in [-0.2, -0.15) is 0 Å². The average molecular weight is 247 g/mol. The number of hydrogen-bond donors (Lipinski definition) is 1. The molecule has 4 heteroatoms. The molecule has 18 heavy (non-hydrogen) atoms. The second kappa shape index (κ2) is 5.29. The summed E-state index contributed by atoms with van der Waals surface area (Å²) in [5.41, 5.74) is 7.04. The molecule has 0 fully saturated rings. The summed E-state index contributed by atoms with van der Waals surface area (Å²) in [6.07, 6.45) is 1.11. The summed E-state index contributed by atoms with van der Waals surface area (Å²) in [5.74, 6) is 1.97. The van der Waals surface area contributed by atoms with Crippen LogP contribution in [0.15, 0.2) is 29.3 Å². The third-order valence-electron chi connectivity index (χ3n) is 3.66. The molecule has 0 amide bonds. The lowest BCUT2D eigenvalue weighted by atomic mass is 9.98. The van der Waals surface area contributed by atoms with Gasteiger partial charge in [-0.15, -0.1) is 0 Å². The fraction of sp³-hybridized carbons (Fsp3) is 0.500. The molecule has 2 N–H and O–H groups in total. The summed E-state index contributed by atoms with van der Waals surface area (Å²) in [4.78, 5) is 6.49. The molecular weight excluding hydrogens is 226 g/mol. The fourth-order valence-corrected chi connectivity index (χ4v) is 2.35. The van der Waals surface area contributed by atoms with Gasteiger partial charge in [0.15, 0.2) is 5.96 Å². The van der Waals surface area contributed by atoms with Crippen molar-refractivity contribution in [3.05, 3.63) is 24.3 Å². The molecule has 2 atom stereocenters. The zero-order valence-electron chi connectivity index (χ0n) is 11.3. The number of nitrogens with two attached hydrogens (primary N) is 1. The first-order chi connectivity index (χ1) is 8.69. The van der Waals surface area contributed by atoms with Crippen LogP contribution < -0.4 is 15.4 Å². The molecular formula is C14H21N3O. The normalized spacial score (nSPS) is 20.7. The molecule has 4 nitrogen and oxygen atoms in total. The SMILES string of the molecule is CCC(C)C1CN=C(N)N1c1ccccc1OC. The predicted molar refractivity (Wildman–Crippen MR) is 75.2 cm³/mol. The Morgan fingerprint density at radius 2 is 2.22 bits per heavy atom. The summed E-state index contributed by atoms with van der Waals surface area (Å²) in [5, 5.41) is 0. The Morgan fingerprint density at radius 1 is 1.50 bits per heavy atom. The van der Waals surface area contributed by atoms with Gasteiger partial charge >= 0.3 is 0 Å². The van der Waals surface area contributed by atoms with Crippen molar-refractivity contribution in [1.29, 1.82) is 0 Å². The van der Waals surface area contributed by atoms with Crippen molar-refractivity contribution < 1.29 is 4.74 Å². The molecule has 2 unspecified atom stereocenters. The second-order valence-corrected chi connectivity index (χ2v) is 4.69. The van der Waals surface area contributed by atoms with Gasteiger partial charge in [0.05, 0.1) is 25.4 Å². The van der Waals surface area contributed by atoms with E-state index in [1.54, 1.807) is 7.11 Å². The van der Waals surface area contributed by atoms with Crippen molar-refractivity contribution in [3.63, 3.8) is 0 Å². The highest BCUT2D eigenvalue weighted by atomic mass is 16.5. The molecule has 0 spiro atoms. The summed E-state index contributed by atoms with van der Waals surface area (Å²) < 4.78 is 5.42. The molecule has 0 radical (unpaired) electrons. The van der Waals surface area contributed by atoms with E-state index in [4.69, 9.17) is 10.5 Å². The molecule has 2 rings (SSSR count). The van der Waals surface area contributed by atoms with Gasteiger partial charge in [-0.25, -0.2) is 0 Å². The maximum Gasteiger partial charge on any atom is 0.196 e. The van der Waals surface area contributed by atoms with E-state index in [0.29, 0.717) is 17.9 Å². The first kappa shape index (κ1) is 12.7. The predicted octanol–water partition coefficient (Wildman–Crippen LogP) is 2.24. The maximum atomic E-state index is 6.04. The Bertz CT molecular complexity index is 444. The lowest BCUT2D eigenvalue weighted by molar-refractivity contribution is 0.410. The number of ether oxygens (including phenoxy) is 1. The summed E-state index contributed by atoms with van der Waals surface area (Å²) >= 11 is 0. The van der Waals surface area contributed by atoms with Gasteiger partial charge in [0, 0.05) is 0 Å². The maximum absolute atomic E-state index is 6.04. The van der Waals surface area contributed by atoms with Crippen molar-refractivity contribution in [2.45, 2.75) is 26.3 Å². The fourth-order valence-electron chi connectivity index (χ4n) is 2.35. The number of aliphatic imine (C=N–C) groups is 1. The van der Waals surface area contributed by atoms with Gasteiger partial charge in [0.1, 0.15) is 5.75 Å². The van der Waals surface area contributed by atoms with Crippen LogP contribution in [0.2, 0.25) is 0 Å². The number of anilines is 1. The van der Waals surface area contributed by atoms with Gasteiger partial charge in [0.25, 0.3) is 0 Å². The average Bonchev–Trinajstić information content (AvgIpc) is 2.79. The molecule has 1 aromatic rings. The third kappa shape index (κ3) is 2.15. The number of para-hydroxylation sites is 2. The monoisotopic (exact) mass is 247 g/mol. The van der Waals surface area contributed by atoms with Gasteiger partial charge in [-0.3, -0.25) is 4.99 Å². The summed E-state index contributed by atoms with van der Waals surface area (Å²) in [6, 6.07) is 8.27. The molecule has 1 heterocycles. The van der Waals surface area contributed by atoms with Crippen LogP contribution in [-0.2, 0) is 0 Å². The molecule has 0 saturated heterocycles. The van der Waals surface area contributed by atoms with Gasteiger partial charge in [0.2, 0.25) is 0 Å². The molecule has 98 valence electrons. The van der Waals surface area contributed by atoms with E-state index in [2.05, 4.69) is 23.7 Å². The highest BCUT2D eigenvalue weighted by molar-refractivity contribution is 5.98. The summed E-state index contributed by atoms with van der Waals surface area (Å²) in [7, 11) is 1.68. The van der Waals surface area contributed by atoms with Crippen LogP contribution in [0.25, 0.3) is 0 Å². The molecule has 0 bridgehead atoms. The van der Waals surface area contributed by atoms with E-state index in [1.807, 2.05) is 24.3 Å². The van der Waals surface area contributed by atoms with Crippen LogP contribution in [-0.4, -0.2) is 25.7 Å². The van der Waals surface area contributed by atoms with Crippen molar-refractivity contribution in [2.75, 3.05) is 18.6 Å². The smallest absolute Gasteiger partial charge is 0.196 e. The molecule has 1 aromatic carbocycles. The first-order valence-corrected chi connectivity index (χ1v) is 6.41. The number of rotatable bonds is 4. The van der Waals surface area contributed by atoms with Crippen LogP contribution in [0.1, 0.15) is 20.3 Å². The third-order valence-corrected chi connectivity index (χ3v) is 3.66. The quantitative estimate of drug-likeness (QED) is 0.887. The Labute approximate surface area is 108 Å². The zero-order chi connectivity index (χ0) is 13.1. The number of guanidine groups is 1. The van der Waals surface area contributed by atoms with E-state index < -0.39 is 0 Å². The number of methoxy groups -OCH3 is 1. The highest BCUT2D eigenvalue weighted by Gasteiger charge is 2.32. The van der Waals surface area contributed by atoms with E-state index in [1.165, 1.54) is 0 Å². The van der Waals surface area contributed by atoms with Crippen LogP contribution >= 0.6 is 0 Å². The molecule has 1 aliphatic heterocycles. The molecule has 0 aromatic heterocycles. The Balaban J connectivity index is 2.36. The van der Waals surface area contributed by atoms with E-state index in [9.17, 15) is 0 Å². The minimum Gasteiger partial charge on any atom is -0.495 e. The van der Waals surface area contributed by atoms with Crippen molar-refractivity contribution in [2.24, 2.45) is 16.6 Å². The largest absolute Gasteiger partial charge is 0.495 e. The van der Waals surface area contributed by atoms with E-state index >= 15 is 0 Å². The standard InChI is InChI=1S/C14H21N3O/c1-4-10(2)12-9-16-14(15)17(12)11-7-5-6-8-13(11)18-3/h5-8,10,12H,4,9H2,1-3H3,(H2,15,16). The van der Waals surface area contributed by atoms with Gasteiger partial charge < -0.3 is 15.4 Å². The van der Waals surface area contributed by atoms with Gasteiger partial charge in [-0.05, 0) is 18.1 Å². The Morgan fingerprint density at radius 3 is 2.89 bits per heavy atom. The molecule has 0 aliphatic carbocycles. The van der Waals surface area contributed by atoms with Crippen molar-refractivity contribution in [3.8, 4) is 5.75 Å². The van der Waals surface area contributed by atoms with Crippen molar-refractivity contribution >= 4 is 11.6 Å². The highest BCUT2D eigenvalue weighted by Crippen LogP contribution is 2.33. The van der Waals surface area contributed by atoms with E-state index in [-0.39, 0.29) is 0 Å². The lowest BCUT2D eigenvalue weighted by Gasteiger charge is -2.31. The lowest BCUT2D eigenvalue weighted by Crippen LogP contribution is -2.44. The summed E-state index contributed by atoms with van der Waals surface area (Å²) in [6.45, 7) is 5.19. The van der Waals surface area contributed by atoms with Gasteiger partial charge in [-0.1, -0.05) is 32.4 Å². The molecule has 0 saturated carbocycles. The van der Waals surface area contributed by atoms with Crippen LogP contribution in [0.3, 0.4) is 0 Å². The Hall–Kier alpha value is -1.71. The molecule has 1 aliphatic rings. The zero-order valence-corrected chi connectivity index (χ0v) is 11.3. The minimum absolute atomic E-state index is 0.325. The van der Waals surface area contributed by atoms with Crippen LogP contribution in [0, 0.1) is 5.92 Å². The number of hydrogen-bond acceptors (Lipinski definition) is 4. The van der Waals surface area contributed by atoms with E-state index in [0.717, 1.165) is 24.4 Å². The second-order valence-electron chi connectivity index (χ2n) is 4.69. The number of benzene rings is 1. The van der Waals surface area contributed by atoms with Crippen LogP contribution in [0.5, 0.6) is 5.75 Å². The first-order valence-electron chi connectivity index (χ1n) is 6.41. The van der Waals surface area contributed by atoms with Crippen LogP contribution in [0.4, 0.5) is 5.69 Å². The topological polar surface area (TPSA) is 50.8 Å². The number of nitrogens with zero attached hydrogens (tertiary/aromatic N) is 2. The van der Waals surface area contributed by atoms with Crippen molar-refractivity contribution in [1.82, 2.24) is 0 Å². The Kier molecular flexibility index (Phi) is 3.75. The minimum atomic E-state index is 0.325.